The van der Waals surface area contributed by atoms with Crippen molar-refractivity contribution in [3.8, 4) is 6.07 Å². The Balaban J connectivity index is 2.26. The fourth-order valence-electron chi connectivity index (χ4n) is 2.31. The predicted octanol–water partition coefficient (Wildman–Crippen LogP) is 4.47. The number of rotatable bonds is 3. The lowest BCUT2D eigenvalue weighted by atomic mass is 10.0. The van der Waals surface area contributed by atoms with Gasteiger partial charge in [0.1, 0.15) is 11.6 Å². The quantitative estimate of drug-likeness (QED) is 0.672. The van der Waals surface area contributed by atoms with E-state index >= 15 is 0 Å². The van der Waals surface area contributed by atoms with E-state index in [1.807, 2.05) is 70.2 Å². The molecule has 0 aromatic heterocycles. The van der Waals surface area contributed by atoms with E-state index in [-0.39, 0.29) is 5.57 Å². The molecule has 2 rings (SSSR count). The molecule has 0 unspecified atom stereocenters. The van der Waals surface area contributed by atoms with E-state index in [2.05, 4.69) is 5.32 Å². The molecule has 0 heterocycles. The van der Waals surface area contributed by atoms with Crippen LogP contribution in [0.5, 0.6) is 0 Å². The van der Waals surface area contributed by atoms with Gasteiger partial charge in [0.15, 0.2) is 0 Å². The van der Waals surface area contributed by atoms with Gasteiger partial charge in [-0.05, 0) is 68.2 Å². The van der Waals surface area contributed by atoms with Crippen LogP contribution >= 0.6 is 0 Å². The van der Waals surface area contributed by atoms with Gasteiger partial charge in [-0.2, -0.15) is 5.26 Å². The number of nitrogens with zero attached hydrogens (tertiary/aromatic N) is 1. The summed E-state index contributed by atoms with van der Waals surface area (Å²) in [6.45, 7) is 7.98. The summed E-state index contributed by atoms with van der Waals surface area (Å²) in [7, 11) is 0. The van der Waals surface area contributed by atoms with Gasteiger partial charge in [-0.1, -0.05) is 29.8 Å². The number of aryl methyl sites for hydroxylation is 4. The topological polar surface area (TPSA) is 52.9 Å². The van der Waals surface area contributed by atoms with Gasteiger partial charge in [0.25, 0.3) is 5.91 Å². The molecule has 0 saturated heterocycles. The van der Waals surface area contributed by atoms with E-state index in [0.29, 0.717) is 5.69 Å². The summed E-state index contributed by atoms with van der Waals surface area (Å²) in [5.74, 6) is -0.393. The molecule has 116 valence electrons. The zero-order chi connectivity index (χ0) is 17.0. The van der Waals surface area contributed by atoms with Gasteiger partial charge in [0, 0.05) is 5.69 Å². The molecule has 2 aromatic rings. The molecule has 0 saturated carbocycles. The highest BCUT2D eigenvalue weighted by Crippen LogP contribution is 2.17. The van der Waals surface area contributed by atoms with Crippen LogP contribution in [0.2, 0.25) is 0 Å². The smallest absolute Gasteiger partial charge is 0.266 e. The molecule has 23 heavy (non-hydrogen) atoms. The van der Waals surface area contributed by atoms with E-state index in [4.69, 9.17) is 0 Å². The van der Waals surface area contributed by atoms with Crippen molar-refractivity contribution in [3.63, 3.8) is 0 Å². The molecule has 0 spiro atoms. The van der Waals surface area contributed by atoms with Gasteiger partial charge in [-0.3, -0.25) is 4.79 Å². The molecular weight excluding hydrogens is 284 g/mol. The predicted molar refractivity (Wildman–Crippen MR) is 94.1 cm³/mol. The van der Waals surface area contributed by atoms with Gasteiger partial charge in [-0.15, -0.1) is 0 Å². The van der Waals surface area contributed by atoms with Gasteiger partial charge >= 0.3 is 0 Å². The minimum atomic E-state index is -0.393. The molecule has 3 nitrogen and oxygen atoms in total. The van der Waals surface area contributed by atoms with Crippen LogP contribution in [-0.4, -0.2) is 5.91 Å². The molecule has 0 aliphatic carbocycles. The van der Waals surface area contributed by atoms with E-state index < -0.39 is 5.91 Å². The molecule has 0 bridgehead atoms. The molecule has 1 N–H and O–H groups in total. The van der Waals surface area contributed by atoms with Gasteiger partial charge in [0.05, 0.1) is 0 Å². The lowest BCUT2D eigenvalue weighted by Gasteiger charge is -2.08. The average Bonchev–Trinajstić information content (AvgIpc) is 2.50. The summed E-state index contributed by atoms with van der Waals surface area (Å²) in [5, 5.41) is 12.1. The van der Waals surface area contributed by atoms with Crippen LogP contribution in [-0.2, 0) is 4.79 Å². The molecular formula is C20H20N2O. The maximum Gasteiger partial charge on any atom is 0.266 e. The summed E-state index contributed by atoms with van der Waals surface area (Å²) in [5.41, 5.74) is 6.11. The highest BCUT2D eigenvalue weighted by atomic mass is 16.1. The fourth-order valence-corrected chi connectivity index (χ4v) is 2.31. The zero-order valence-corrected chi connectivity index (χ0v) is 13.9. The fraction of sp³-hybridized carbons (Fsp3) is 0.200. The first-order valence-corrected chi connectivity index (χ1v) is 7.48. The standard InChI is InChI=1S/C20H20N2O/c1-13-5-7-17(16(4)9-13)11-18(12-21)20(23)22-19-8-6-14(2)15(3)10-19/h5-11H,1-4H3,(H,22,23)/b18-11+. The molecule has 0 atom stereocenters. The first kappa shape index (κ1) is 16.5. The maximum atomic E-state index is 12.3. The summed E-state index contributed by atoms with van der Waals surface area (Å²) in [6, 6.07) is 13.6. The van der Waals surface area contributed by atoms with Crippen LogP contribution in [0.1, 0.15) is 27.8 Å². The van der Waals surface area contributed by atoms with Crippen molar-refractivity contribution in [2.24, 2.45) is 0 Å². The lowest BCUT2D eigenvalue weighted by molar-refractivity contribution is -0.112. The Kier molecular flexibility index (Phi) is 4.98. The Bertz CT molecular complexity index is 826. The number of benzene rings is 2. The number of hydrogen-bond donors (Lipinski definition) is 1. The number of nitriles is 1. The van der Waals surface area contributed by atoms with Crippen molar-refractivity contribution in [2.75, 3.05) is 5.32 Å². The maximum absolute atomic E-state index is 12.3. The van der Waals surface area contributed by atoms with Crippen LogP contribution in [0, 0.1) is 39.0 Å². The number of anilines is 1. The summed E-state index contributed by atoms with van der Waals surface area (Å²) in [6.07, 6.45) is 1.63. The van der Waals surface area contributed by atoms with Crippen molar-refractivity contribution < 1.29 is 4.79 Å². The monoisotopic (exact) mass is 304 g/mol. The molecule has 2 aromatic carbocycles. The van der Waals surface area contributed by atoms with E-state index in [9.17, 15) is 10.1 Å². The molecule has 0 fully saturated rings. The second kappa shape index (κ2) is 6.93. The Morgan fingerprint density at radius 2 is 1.74 bits per heavy atom. The third-order valence-electron chi connectivity index (χ3n) is 3.85. The Morgan fingerprint density at radius 1 is 1.00 bits per heavy atom. The first-order chi connectivity index (χ1) is 10.9. The highest BCUT2D eigenvalue weighted by Gasteiger charge is 2.10. The normalized spacial score (nSPS) is 11.0. The third-order valence-corrected chi connectivity index (χ3v) is 3.85. The minimum absolute atomic E-state index is 0.0928. The van der Waals surface area contributed by atoms with Crippen LogP contribution < -0.4 is 5.32 Å². The van der Waals surface area contributed by atoms with Crippen molar-refractivity contribution in [1.82, 2.24) is 0 Å². The van der Waals surface area contributed by atoms with Crippen LogP contribution in [0.3, 0.4) is 0 Å². The number of carbonyl (C=O) groups excluding carboxylic acids is 1. The molecule has 0 aliphatic heterocycles. The highest BCUT2D eigenvalue weighted by molar-refractivity contribution is 6.09. The summed E-state index contributed by atoms with van der Waals surface area (Å²) in [4.78, 5) is 12.3. The number of amides is 1. The molecule has 0 aliphatic rings. The lowest BCUT2D eigenvalue weighted by Crippen LogP contribution is -2.13. The van der Waals surface area contributed by atoms with E-state index in [0.717, 1.165) is 27.8 Å². The van der Waals surface area contributed by atoms with Crippen LogP contribution in [0.15, 0.2) is 42.0 Å². The second-order valence-corrected chi connectivity index (χ2v) is 5.78. The average molecular weight is 304 g/mol. The van der Waals surface area contributed by atoms with Gasteiger partial charge in [-0.25, -0.2) is 0 Å². The molecule has 1 amide bonds. The number of carbonyl (C=O) groups is 1. The largest absolute Gasteiger partial charge is 0.321 e. The molecule has 0 radical (unpaired) electrons. The summed E-state index contributed by atoms with van der Waals surface area (Å²) >= 11 is 0. The van der Waals surface area contributed by atoms with Crippen LogP contribution in [0.4, 0.5) is 5.69 Å². The van der Waals surface area contributed by atoms with E-state index in [1.54, 1.807) is 6.08 Å². The van der Waals surface area contributed by atoms with Crippen molar-refractivity contribution >= 4 is 17.7 Å². The van der Waals surface area contributed by atoms with Gasteiger partial charge in [0.2, 0.25) is 0 Å². The van der Waals surface area contributed by atoms with E-state index in [1.165, 1.54) is 0 Å². The Hall–Kier alpha value is -2.86. The zero-order valence-electron chi connectivity index (χ0n) is 13.9. The van der Waals surface area contributed by atoms with Crippen molar-refractivity contribution in [2.45, 2.75) is 27.7 Å². The number of hydrogen-bond acceptors (Lipinski definition) is 2. The third kappa shape index (κ3) is 4.08. The van der Waals surface area contributed by atoms with Crippen molar-refractivity contribution in [1.29, 1.82) is 5.26 Å². The first-order valence-electron chi connectivity index (χ1n) is 7.48. The second-order valence-electron chi connectivity index (χ2n) is 5.78. The number of nitrogens with one attached hydrogen (secondary N) is 1. The summed E-state index contributed by atoms with van der Waals surface area (Å²) < 4.78 is 0. The SMILES string of the molecule is Cc1ccc(/C=C(\C#N)C(=O)Nc2ccc(C)c(C)c2)c(C)c1. The molecule has 3 heteroatoms. The van der Waals surface area contributed by atoms with Crippen LogP contribution in [0.25, 0.3) is 6.08 Å². The minimum Gasteiger partial charge on any atom is -0.321 e. The Morgan fingerprint density at radius 3 is 2.35 bits per heavy atom. The Labute approximate surface area is 137 Å². The van der Waals surface area contributed by atoms with Gasteiger partial charge < -0.3 is 5.32 Å². The van der Waals surface area contributed by atoms with Crippen molar-refractivity contribution in [3.05, 3.63) is 69.8 Å².